The summed E-state index contributed by atoms with van der Waals surface area (Å²) in [6.07, 6.45) is 8.36. The maximum Gasteiger partial charge on any atom is 0.174 e. The molecule has 2 fully saturated rings. The van der Waals surface area contributed by atoms with Crippen molar-refractivity contribution >= 4 is 23.0 Å². The number of pyridine rings is 1. The van der Waals surface area contributed by atoms with E-state index in [4.69, 9.17) is 21.9 Å². The fraction of sp³-hybridized carbons (Fsp3) is 0.407. The number of nitrogens with one attached hydrogen (secondary N) is 1. The first-order chi connectivity index (χ1) is 16.1. The van der Waals surface area contributed by atoms with Gasteiger partial charge in [0, 0.05) is 23.6 Å². The van der Waals surface area contributed by atoms with Gasteiger partial charge in [0.25, 0.3) is 0 Å². The number of rotatable bonds is 5. The molecular formula is C27H32N4OS. The second-order valence-corrected chi connectivity index (χ2v) is 9.54. The van der Waals surface area contributed by atoms with E-state index in [-0.39, 0.29) is 12.1 Å². The molecule has 6 heteroatoms. The summed E-state index contributed by atoms with van der Waals surface area (Å²) in [5, 5.41) is 4.28. The Balaban J connectivity index is 1.65. The third-order valence-electron chi connectivity index (χ3n) is 7.22. The number of hydrogen-bond donors (Lipinski definition) is 1. The number of ether oxygens (including phenoxy) is 1. The fourth-order valence-corrected chi connectivity index (χ4v) is 6.10. The third kappa shape index (κ3) is 3.90. The molecule has 1 saturated carbocycles. The van der Waals surface area contributed by atoms with Crippen LogP contribution in [-0.4, -0.2) is 21.8 Å². The number of para-hydroxylation sites is 2. The van der Waals surface area contributed by atoms with Crippen LogP contribution in [0.2, 0.25) is 0 Å². The third-order valence-corrected chi connectivity index (χ3v) is 7.54. The summed E-state index contributed by atoms with van der Waals surface area (Å²) >= 11 is 5.92. The molecule has 5 rings (SSSR count). The molecule has 1 aliphatic heterocycles. The molecule has 1 aromatic carbocycles. The van der Waals surface area contributed by atoms with Crippen LogP contribution in [0, 0.1) is 13.8 Å². The second kappa shape index (κ2) is 9.18. The molecule has 1 N–H and O–H groups in total. The predicted molar refractivity (Wildman–Crippen MR) is 137 cm³/mol. The maximum atomic E-state index is 5.92. The van der Waals surface area contributed by atoms with E-state index in [1.54, 1.807) is 7.11 Å². The van der Waals surface area contributed by atoms with E-state index in [1.165, 1.54) is 49.1 Å². The second-order valence-electron chi connectivity index (χ2n) is 9.16. The lowest BCUT2D eigenvalue weighted by molar-refractivity contribution is 0.345. The summed E-state index contributed by atoms with van der Waals surface area (Å²) < 4.78 is 8.31. The number of anilines is 1. The molecule has 3 aromatic rings. The van der Waals surface area contributed by atoms with Gasteiger partial charge in [0.05, 0.1) is 30.6 Å². The molecule has 0 unspecified atom stereocenters. The summed E-state index contributed by atoms with van der Waals surface area (Å²) in [5.74, 6) is 0.814. The summed E-state index contributed by atoms with van der Waals surface area (Å²) in [4.78, 5) is 6.93. The average Bonchev–Trinajstić information content (AvgIpc) is 3.35. The van der Waals surface area contributed by atoms with E-state index in [0.717, 1.165) is 17.1 Å². The summed E-state index contributed by atoms with van der Waals surface area (Å²) in [7, 11) is 1.71. The Hall–Kier alpha value is -2.86. The molecule has 5 nitrogen and oxygen atoms in total. The molecule has 0 spiro atoms. The number of nitrogens with zero attached hydrogens (tertiary/aromatic N) is 3. The Morgan fingerprint density at radius 1 is 1.03 bits per heavy atom. The van der Waals surface area contributed by atoms with Crippen molar-refractivity contribution in [2.24, 2.45) is 0 Å². The number of methoxy groups -OCH3 is 1. The van der Waals surface area contributed by atoms with Crippen LogP contribution in [0.5, 0.6) is 5.75 Å². The van der Waals surface area contributed by atoms with Crippen molar-refractivity contribution in [3.05, 3.63) is 77.4 Å². The van der Waals surface area contributed by atoms with Crippen LogP contribution in [0.25, 0.3) is 0 Å². The molecule has 2 aromatic heterocycles. The zero-order valence-electron chi connectivity index (χ0n) is 19.6. The standard InChI is InChI=1S/C27H32N4OS/c1-18-17-21(19(2)30(18)20-11-5-4-6-12-20)26-25(22-13-9-10-16-28-22)29-27(33)31(26)23-14-7-8-15-24(23)32-3/h7-10,13-17,20,25-26H,4-6,11-12H2,1-3H3,(H,29,33)/t25-,26+/m1/s1. The number of aromatic nitrogens is 2. The Labute approximate surface area is 201 Å². The smallest absolute Gasteiger partial charge is 0.174 e. The van der Waals surface area contributed by atoms with E-state index in [9.17, 15) is 0 Å². The molecule has 0 bridgehead atoms. The number of hydrogen-bond acceptors (Lipinski definition) is 3. The van der Waals surface area contributed by atoms with Gasteiger partial charge in [-0.05, 0) is 74.8 Å². The molecule has 1 saturated heterocycles. The predicted octanol–water partition coefficient (Wildman–Crippen LogP) is 6.19. The van der Waals surface area contributed by atoms with Crippen molar-refractivity contribution < 1.29 is 4.74 Å². The van der Waals surface area contributed by atoms with Crippen LogP contribution in [0.3, 0.4) is 0 Å². The van der Waals surface area contributed by atoms with Crippen molar-refractivity contribution in [3.8, 4) is 5.75 Å². The Morgan fingerprint density at radius 2 is 1.79 bits per heavy atom. The minimum absolute atomic E-state index is 0.0211. The number of aryl methyl sites for hydroxylation is 1. The lowest BCUT2D eigenvalue weighted by Gasteiger charge is -2.30. The van der Waals surface area contributed by atoms with Crippen LogP contribution in [0.15, 0.2) is 54.7 Å². The van der Waals surface area contributed by atoms with Gasteiger partial charge in [0.1, 0.15) is 5.75 Å². The molecule has 1 aliphatic carbocycles. The minimum atomic E-state index is -0.0519. The highest BCUT2D eigenvalue weighted by atomic mass is 32.1. The zero-order chi connectivity index (χ0) is 22.9. The fourth-order valence-electron chi connectivity index (χ4n) is 5.76. The number of benzene rings is 1. The van der Waals surface area contributed by atoms with Crippen LogP contribution < -0.4 is 15.0 Å². The normalized spacial score (nSPS) is 21.3. The van der Waals surface area contributed by atoms with Crippen molar-refractivity contribution in [1.82, 2.24) is 14.9 Å². The lowest BCUT2D eigenvalue weighted by atomic mass is 9.94. The highest BCUT2D eigenvalue weighted by Crippen LogP contribution is 2.46. The van der Waals surface area contributed by atoms with E-state index >= 15 is 0 Å². The molecule has 172 valence electrons. The van der Waals surface area contributed by atoms with Gasteiger partial charge >= 0.3 is 0 Å². The van der Waals surface area contributed by atoms with Crippen molar-refractivity contribution in [2.75, 3.05) is 12.0 Å². The Morgan fingerprint density at radius 3 is 2.52 bits per heavy atom. The monoisotopic (exact) mass is 460 g/mol. The van der Waals surface area contributed by atoms with Gasteiger partial charge in [0.15, 0.2) is 5.11 Å². The molecule has 33 heavy (non-hydrogen) atoms. The minimum Gasteiger partial charge on any atom is -0.495 e. The molecular weight excluding hydrogens is 428 g/mol. The zero-order valence-corrected chi connectivity index (χ0v) is 20.4. The maximum absolute atomic E-state index is 5.92. The van der Waals surface area contributed by atoms with Crippen LogP contribution >= 0.6 is 12.2 Å². The van der Waals surface area contributed by atoms with Gasteiger partial charge in [-0.2, -0.15) is 0 Å². The first-order valence-corrected chi connectivity index (χ1v) is 12.3. The van der Waals surface area contributed by atoms with Crippen molar-refractivity contribution in [3.63, 3.8) is 0 Å². The molecule has 3 heterocycles. The van der Waals surface area contributed by atoms with Crippen molar-refractivity contribution in [1.29, 1.82) is 0 Å². The van der Waals surface area contributed by atoms with Gasteiger partial charge in [0.2, 0.25) is 0 Å². The first-order valence-electron chi connectivity index (χ1n) is 11.9. The molecule has 2 atom stereocenters. The highest BCUT2D eigenvalue weighted by molar-refractivity contribution is 7.80. The van der Waals surface area contributed by atoms with Gasteiger partial charge < -0.3 is 19.5 Å². The highest BCUT2D eigenvalue weighted by Gasteiger charge is 2.43. The molecule has 0 amide bonds. The van der Waals surface area contributed by atoms with Crippen molar-refractivity contribution in [2.45, 2.75) is 64.1 Å². The van der Waals surface area contributed by atoms with Crippen LogP contribution in [0.1, 0.15) is 72.9 Å². The SMILES string of the molecule is COc1ccccc1N1C(=S)N[C@H](c2ccccn2)[C@@H]1c1cc(C)n(C2CCCCC2)c1C. The summed E-state index contributed by atoms with van der Waals surface area (Å²) in [6.45, 7) is 4.52. The van der Waals surface area contributed by atoms with E-state index < -0.39 is 0 Å². The van der Waals surface area contributed by atoms with Crippen LogP contribution in [0.4, 0.5) is 5.69 Å². The molecule has 0 radical (unpaired) electrons. The Bertz CT molecular complexity index is 1140. The van der Waals surface area contributed by atoms with E-state index in [2.05, 4.69) is 46.8 Å². The summed E-state index contributed by atoms with van der Waals surface area (Å²) in [5.41, 5.74) is 5.92. The quantitative estimate of drug-likeness (QED) is 0.460. The number of thiocarbonyl (C=S) groups is 1. The van der Waals surface area contributed by atoms with Gasteiger partial charge in [-0.15, -0.1) is 0 Å². The lowest BCUT2D eigenvalue weighted by Crippen LogP contribution is -2.30. The molecule has 2 aliphatic rings. The van der Waals surface area contributed by atoms with E-state index in [0.29, 0.717) is 11.2 Å². The largest absolute Gasteiger partial charge is 0.495 e. The van der Waals surface area contributed by atoms with Crippen LogP contribution in [-0.2, 0) is 0 Å². The topological polar surface area (TPSA) is 42.3 Å². The van der Waals surface area contributed by atoms with Gasteiger partial charge in [-0.1, -0.05) is 37.5 Å². The van der Waals surface area contributed by atoms with E-state index in [1.807, 2.05) is 36.5 Å². The van der Waals surface area contributed by atoms with Gasteiger partial charge in [-0.25, -0.2) is 0 Å². The average molecular weight is 461 g/mol. The summed E-state index contributed by atoms with van der Waals surface area (Å²) in [6, 6.07) is 17.1. The first kappa shape index (κ1) is 22.0. The Kier molecular flexibility index (Phi) is 6.11. The van der Waals surface area contributed by atoms with Gasteiger partial charge in [-0.3, -0.25) is 4.98 Å².